The highest BCUT2D eigenvalue weighted by Crippen LogP contribution is 2.39. The highest BCUT2D eigenvalue weighted by Gasteiger charge is 2.40. The quantitative estimate of drug-likeness (QED) is 0.853. The van der Waals surface area contributed by atoms with Crippen LogP contribution in [-0.2, 0) is 7.05 Å². The zero-order valence-corrected chi connectivity index (χ0v) is 12.4. The Balaban J connectivity index is 1.87. The van der Waals surface area contributed by atoms with E-state index in [0.717, 1.165) is 25.3 Å². The molecular weight excluding hydrogens is 252 g/mol. The molecule has 0 bridgehead atoms. The van der Waals surface area contributed by atoms with E-state index in [1.54, 1.807) is 17.9 Å². The van der Waals surface area contributed by atoms with Gasteiger partial charge in [-0.2, -0.15) is 5.10 Å². The molecule has 1 aliphatic heterocycles. The molecule has 3 unspecified atom stereocenters. The zero-order chi connectivity index (χ0) is 14.3. The summed E-state index contributed by atoms with van der Waals surface area (Å²) in [6, 6.07) is 0.398. The third-order valence-corrected chi connectivity index (χ3v) is 5.17. The molecule has 110 valence electrons. The van der Waals surface area contributed by atoms with E-state index in [9.17, 15) is 4.79 Å². The van der Waals surface area contributed by atoms with Crippen LogP contribution in [0, 0.1) is 11.8 Å². The van der Waals surface area contributed by atoms with Crippen LogP contribution < -0.4 is 5.73 Å². The second kappa shape index (κ2) is 5.11. The van der Waals surface area contributed by atoms with Crippen LogP contribution in [0.25, 0.3) is 0 Å². The Kier molecular flexibility index (Phi) is 3.44. The number of hydrogen-bond donors (Lipinski definition) is 1. The van der Waals surface area contributed by atoms with Gasteiger partial charge in [0, 0.05) is 19.6 Å². The lowest BCUT2D eigenvalue weighted by Gasteiger charge is -2.47. The van der Waals surface area contributed by atoms with Crippen molar-refractivity contribution in [2.45, 2.75) is 45.1 Å². The van der Waals surface area contributed by atoms with E-state index in [2.05, 4.69) is 16.9 Å². The predicted molar refractivity (Wildman–Crippen MR) is 78.2 cm³/mol. The summed E-state index contributed by atoms with van der Waals surface area (Å²) in [6.07, 6.45) is 7.61. The van der Waals surface area contributed by atoms with Crippen molar-refractivity contribution in [3.8, 4) is 0 Å². The highest BCUT2D eigenvalue weighted by atomic mass is 16.2. The number of carbonyl (C=O) groups excluding carboxylic acids is 1. The molecule has 20 heavy (non-hydrogen) atoms. The van der Waals surface area contributed by atoms with Crippen molar-refractivity contribution in [1.82, 2.24) is 14.7 Å². The Morgan fingerprint density at radius 2 is 2.10 bits per heavy atom. The first kappa shape index (κ1) is 13.5. The fourth-order valence-corrected chi connectivity index (χ4v) is 4.02. The zero-order valence-electron chi connectivity index (χ0n) is 12.4. The van der Waals surface area contributed by atoms with Gasteiger partial charge < -0.3 is 10.6 Å². The molecule has 1 aromatic rings. The average Bonchev–Trinajstić information content (AvgIpc) is 2.78. The second-order valence-corrected chi connectivity index (χ2v) is 6.35. The predicted octanol–water partition coefficient (Wildman–Crippen LogP) is 2.04. The number of piperidine rings is 1. The van der Waals surface area contributed by atoms with E-state index in [4.69, 9.17) is 5.73 Å². The van der Waals surface area contributed by atoms with Gasteiger partial charge in [0.1, 0.15) is 5.69 Å². The number of nitrogens with two attached hydrogens (primary N) is 1. The Morgan fingerprint density at radius 1 is 1.35 bits per heavy atom. The Morgan fingerprint density at radius 3 is 2.80 bits per heavy atom. The van der Waals surface area contributed by atoms with Crippen LogP contribution in [0.3, 0.4) is 0 Å². The fourth-order valence-electron chi connectivity index (χ4n) is 4.02. The van der Waals surface area contributed by atoms with Crippen molar-refractivity contribution in [2.24, 2.45) is 18.9 Å². The van der Waals surface area contributed by atoms with Gasteiger partial charge in [0.05, 0.1) is 11.9 Å². The smallest absolute Gasteiger partial charge is 0.274 e. The van der Waals surface area contributed by atoms with Gasteiger partial charge in [-0.1, -0.05) is 19.8 Å². The number of fused-ring (bicyclic) bond motifs is 1. The number of carbonyl (C=O) groups is 1. The fraction of sp³-hybridized carbons (Fsp3) is 0.733. The molecule has 2 aliphatic rings. The minimum Gasteiger partial charge on any atom is -0.396 e. The molecule has 0 aromatic carbocycles. The molecule has 0 spiro atoms. The molecule has 2 heterocycles. The maximum Gasteiger partial charge on any atom is 0.274 e. The van der Waals surface area contributed by atoms with Gasteiger partial charge in [-0.15, -0.1) is 0 Å². The maximum atomic E-state index is 12.8. The molecule has 3 rings (SSSR count). The molecular formula is C15H24N4O. The lowest BCUT2D eigenvalue weighted by Crippen LogP contribution is -2.52. The van der Waals surface area contributed by atoms with E-state index in [-0.39, 0.29) is 5.91 Å². The Labute approximate surface area is 120 Å². The SMILES string of the molecule is CC1CCN(C(=O)c2c(N)cnn2C)C2CCCCC12. The third kappa shape index (κ3) is 2.09. The lowest BCUT2D eigenvalue weighted by molar-refractivity contribution is 0.0210. The highest BCUT2D eigenvalue weighted by molar-refractivity contribution is 5.97. The summed E-state index contributed by atoms with van der Waals surface area (Å²) in [5.41, 5.74) is 6.95. The van der Waals surface area contributed by atoms with Crippen LogP contribution in [0.5, 0.6) is 0 Å². The summed E-state index contributed by atoms with van der Waals surface area (Å²) in [4.78, 5) is 14.9. The Hall–Kier alpha value is -1.52. The van der Waals surface area contributed by atoms with Crippen molar-refractivity contribution in [3.63, 3.8) is 0 Å². The van der Waals surface area contributed by atoms with Crippen molar-refractivity contribution in [2.75, 3.05) is 12.3 Å². The molecule has 1 amide bonds. The third-order valence-electron chi connectivity index (χ3n) is 5.17. The van der Waals surface area contributed by atoms with E-state index < -0.39 is 0 Å². The molecule has 1 saturated heterocycles. The van der Waals surface area contributed by atoms with Crippen molar-refractivity contribution in [1.29, 1.82) is 0 Å². The summed E-state index contributed by atoms with van der Waals surface area (Å²) in [5, 5.41) is 4.10. The lowest BCUT2D eigenvalue weighted by atomic mass is 9.72. The second-order valence-electron chi connectivity index (χ2n) is 6.35. The van der Waals surface area contributed by atoms with Crippen molar-refractivity contribution < 1.29 is 4.79 Å². The van der Waals surface area contributed by atoms with Gasteiger partial charge in [0.15, 0.2) is 0 Å². The molecule has 2 N–H and O–H groups in total. The minimum absolute atomic E-state index is 0.0614. The van der Waals surface area contributed by atoms with Gasteiger partial charge >= 0.3 is 0 Å². The first-order valence-corrected chi connectivity index (χ1v) is 7.68. The van der Waals surface area contributed by atoms with Crippen LogP contribution in [0.1, 0.15) is 49.5 Å². The first-order valence-electron chi connectivity index (χ1n) is 7.68. The minimum atomic E-state index is 0.0614. The molecule has 1 aromatic heterocycles. The van der Waals surface area contributed by atoms with Crippen LogP contribution in [-0.4, -0.2) is 33.2 Å². The topological polar surface area (TPSA) is 64.2 Å². The largest absolute Gasteiger partial charge is 0.396 e. The summed E-state index contributed by atoms with van der Waals surface area (Å²) < 4.78 is 1.60. The molecule has 1 saturated carbocycles. The molecule has 5 heteroatoms. The van der Waals surface area contributed by atoms with Gasteiger partial charge in [-0.3, -0.25) is 9.48 Å². The van der Waals surface area contributed by atoms with Gasteiger partial charge in [0.2, 0.25) is 0 Å². The average molecular weight is 276 g/mol. The Bertz CT molecular complexity index is 490. The standard InChI is InChI=1S/C15H24N4O/c1-10-7-8-19(13-6-4-3-5-11(10)13)15(20)14-12(16)9-17-18(14)2/h9-11,13H,3-8,16H2,1-2H3. The molecule has 2 fully saturated rings. The summed E-state index contributed by atoms with van der Waals surface area (Å²) in [5.74, 6) is 1.45. The molecule has 5 nitrogen and oxygen atoms in total. The number of hydrogen-bond acceptors (Lipinski definition) is 3. The van der Waals surface area contributed by atoms with Gasteiger partial charge in [-0.25, -0.2) is 0 Å². The van der Waals surface area contributed by atoms with Crippen molar-refractivity contribution in [3.05, 3.63) is 11.9 Å². The number of amides is 1. The van der Waals surface area contributed by atoms with Crippen LogP contribution in [0.2, 0.25) is 0 Å². The number of nitrogens with zero attached hydrogens (tertiary/aromatic N) is 3. The maximum absolute atomic E-state index is 12.8. The summed E-state index contributed by atoms with van der Waals surface area (Å²) >= 11 is 0. The molecule has 0 radical (unpaired) electrons. The number of rotatable bonds is 1. The first-order chi connectivity index (χ1) is 9.59. The van der Waals surface area contributed by atoms with Crippen LogP contribution >= 0.6 is 0 Å². The molecule has 1 aliphatic carbocycles. The van der Waals surface area contributed by atoms with Crippen molar-refractivity contribution >= 4 is 11.6 Å². The molecule has 3 atom stereocenters. The van der Waals surface area contributed by atoms with E-state index in [1.807, 2.05) is 0 Å². The van der Waals surface area contributed by atoms with Crippen LogP contribution in [0.15, 0.2) is 6.20 Å². The normalized spacial score (nSPS) is 30.1. The van der Waals surface area contributed by atoms with E-state index in [0.29, 0.717) is 23.3 Å². The van der Waals surface area contributed by atoms with Gasteiger partial charge in [-0.05, 0) is 31.1 Å². The van der Waals surface area contributed by atoms with E-state index in [1.165, 1.54) is 19.3 Å². The number of likely N-dealkylation sites (tertiary alicyclic amines) is 1. The van der Waals surface area contributed by atoms with Crippen LogP contribution in [0.4, 0.5) is 5.69 Å². The van der Waals surface area contributed by atoms with Gasteiger partial charge in [0.25, 0.3) is 5.91 Å². The number of aromatic nitrogens is 2. The summed E-state index contributed by atoms with van der Waals surface area (Å²) in [6.45, 7) is 3.19. The number of aryl methyl sites for hydroxylation is 1. The number of anilines is 1. The summed E-state index contributed by atoms with van der Waals surface area (Å²) in [7, 11) is 1.79. The van der Waals surface area contributed by atoms with E-state index >= 15 is 0 Å². The monoisotopic (exact) mass is 276 g/mol. The number of nitrogen functional groups attached to an aromatic ring is 1.